The minimum atomic E-state index is 0.101. The lowest BCUT2D eigenvalue weighted by Crippen LogP contribution is -2.38. The van der Waals surface area contributed by atoms with Gasteiger partial charge in [0, 0.05) is 13.1 Å². The van der Waals surface area contributed by atoms with E-state index >= 15 is 0 Å². The maximum absolute atomic E-state index is 12.6. The summed E-state index contributed by atoms with van der Waals surface area (Å²) in [5.41, 5.74) is 1.89. The number of ether oxygens (including phenoxy) is 1. The Morgan fingerprint density at radius 2 is 1.95 bits per heavy atom. The van der Waals surface area contributed by atoms with Crippen molar-refractivity contribution < 1.29 is 9.53 Å². The molecule has 3 heteroatoms. The molecule has 0 spiro atoms. The number of rotatable bonds is 3. The number of piperidine rings is 1. The van der Waals surface area contributed by atoms with Crippen molar-refractivity contribution in [2.45, 2.75) is 39.5 Å². The number of carbonyl (C=O) groups is 1. The Balaban J connectivity index is 2.21. The number of nitrogens with zero attached hydrogens (tertiary/aromatic N) is 1. The summed E-state index contributed by atoms with van der Waals surface area (Å²) in [6, 6.07) is 5.94. The minimum Gasteiger partial charge on any atom is -0.496 e. The van der Waals surface area contributed by atoms with E-state index in [1.54, 1.807) is 7.11 Å². The summed E-state index contributed by atoms with van der Waals surface area (Å²) in [5, 5.41) is 0. The lowest BCUT2D eigenvalue weighted by Gasteiger charge is -2.30. The Morgan fingerprint density at radius 3 is 2.50 bits per heavy atom. The Bertz CT molecular complexity index is 474. The molecule has 1 aliphatic heterocycles. The molecule has 0 atom stereocenters. The predicted octanol–water partition coefficient (Wildman–Crippen LogP) is 3.69. The zero-order chi connectivity index (χ0) is 14.7. The van der Waals surface area contributed by atoms with Gasteiger partial charge < -0.3 is 9.64 Å². The third-order valence-electron chi connectivity index (χ3n) is 4.19. The first-order valence-electron chi connectivity index (χ1n) is 7.50. The quantitative estimate of drug-likeness (QED) is 0.842. The van der Waals surface area contributed by atoms with E-state index in [0.29, 0.717) is 17.2 Å². The lowest BCUT2D eigenvalue weighted by molar-refractivity contribution is 0.0694. The van der Waals surface area contributed by atoms with Crippen LogP contribution in [0, 0.1) is 5.92 Å². The van der Waals surface area contributed by atoms with Crippen LogP contribution in [-0.4, -0.2) is 31.0 Å². The number of hydrogen-bond acceptors (Lipinski definition) is 2. The molecule has 1 amide bonds. The molecule has 0 aliphatic carbocycles. The summed E-state index contributed by atoms with van der Waals surface area (Å²) in [7, 11) is 1.63. The zero-order valence-corrected chi connectivity index (χ0v) is 13.0. The SMILES string of the molecule is COc1cc(C(C)C)ccc1C(=O)N1CCC(C)CC1. The molecule has 1 aliphatic rings. The normalized spacial score (nSPS) is 16.6. The molecule has 1 saturated heterocycles. The highest BCUT2D eigenvalue weighted by Gasteiger charge is 2.23. The maximum Gasteiger partial charge on any atom is 0.257 e. The second-order valence-corrected chi connectivity index (χ2v) is 6.09. The second kappa shape index (κ2) is 6.29. The summed E-state index contributed by atoms with van der Waals surface area (Å²) in [6.07, 6.45) is 2.19. The number of benzene rings is 1. The van der Waals surface area contributed by atoms with Crippen LogP contribution < -0.4 is 4.74 Å². The van der Waals surface area contributed by atoms with Crippen LogP contribution in [0.4, 0.5) is 0 Å². The standard InChI is InChI=1S/C17H25NO2/c1-12(2)14-5-6-15(16(11-14)20-4)17(19)18-9-7-13(3)8-10-18/h5-6,11-13H,7-10H2,1-4H3. The molecule has 2 rings (SSSR count). The fourth-order valence-electron chi connectivity index (χ4n) is 2.63. The average molecular weight is 275 g/mol. The third-order valence-corrected chi connectivity index (χ3v) is 4.19. The molecular formula is C17H25NO2. The average Bonchev–Trinajstić information content (AvgIpc) is 2.46. The van der Waals surface area contributed by atoms with Gasteiger partial charge in [-0.3, -0.25) is 4.79 Å². The van der Waals surface area contributed by atoms with Crippen molar-refractivity contribution in [3.8, 4) is 5.75 Å². The lowest BCUT2D eigenvalue weighted by atomic mass is 9.97. The van der Waals surface area contributed by atoms with E-state index in [-0.39, 0.29) is 5.91 Å². The topological polar surface area (TPSA) is 29.5 Å². The van der Waals surface area contributed by atoms with Crippen LogP contribution in [0.25, 0.3) is 0 Å². The summed E-state index contributed by atoms with van der Waals surface area (Å²) < 4.78 is 5.42. The smallest absolute Gasteiger partial charge is 0.257 e. The summed E-state index contributed by atoms with van der Waals surface area (Å²) in [5.74, 6) is 1.96. The highest BCUT2D eigenvalue weighted by Crippen LogP contribution is 2.27. The Morgan fingerprint density at radius 1 is 1.30 bits per heavy atom. The van der Waals surface area contributed by atoms with E-state index in [4.69, 9.17) is 4.74 Å². The second-order valence-electron chi connectivity index (χ2n) is 6.09. The number of carbonyl (C=O) groups excluding carboxylic acids is 1. The van der Waals surface area contributed by atoms with E-state index in [0.717, 1.165) is 31.8 Å². The van der Waals surface area contributed by atoms with Crippen molar-refractivity contribution in [1.82, 2.24) is 4.90 Å². The molecule has 20 heavy (non-hydrogen) atoms. The van der Waals surface area contributed by atoms with Gasteiger partial charge in [-0.25, -0.2) is 0 Å². The maximum atomic E-state index is 12.6. The molecule has 0 aromatic heterocycles. The van der Waals surface area contributed by atoms with E-state index in [2.05, 4.69) is 20.8 Å². The molecule has 1 heterocycles. The molecule has 0 radical (unpaired) electrons. The first-order chi connectivity index (χ1) is 9.52. The van der Waals surface area contributed by atoms with Crippen LogP contribution >= 0.6 is 0 Å². The Kier molecular flexibility index (Phi) is 4.69. The van der Waals surface area contributed by atoms with Crippen LogP contribution in [0.2, 0.25) is 0 Å². The van der Waals surface area contributed by atoms with E-state index in [9.17, 15) is 4.79 Å². The number of amides is 1. The van der Waals surface area contributed by atoms with Gasteiger partial charge in [0.15, 0.2) is 0 Å². The summed E-state index contributed by atoms with van der Waals surface area (Å²) in [4.78, 5) is 14.6. The van der Waals surface area contributed by atoms with Crippen molar-refractivity contribution in [3.63, 3.8) is 0 Å². The number of likely N-dealkylation sites (tertiary alicyclic amines) is 1. The van der Waals surface area contributed by atoms with Crippen LogP contribution in [-0.2, 0) is 0 Å². The van der Waals surface area contributed by atoms with Crippen LogP contribution in [0.3, 0.4) is 0 Å². The van der Waals surface area contributed by atoms with Crippen molar-refractivity contribution in [2.75, 3.05) is 20.2 Å². The molecule has 0 N–H and O–H groups in total. The van der Waals surface area contributed by atoms with Crippen molar-refractivity contribution in [1.29, 1.82) is 0 Å². The highest BCUT2D eigenvalue weighted by molar-refractivity contribution is 5.97. The monoisotopic (exact) mass is 275 g/mol. The Hall–Kier alpha value is -1.51. The van der Waals surface area contributed by atoms with Crippen molar-refractivity contribution in [2.24, 2.45) is 5.92 Å². The molecular weight excluding hydrogens is 250 g/mol. The summed E-state index contributed by atoms with van der Waals surface area (Å²) in [6.45, 7) is 8.24. The highest BCUT2D eigenvalue weighted by atomic mass is 16.5. The van der Waals surface area contributed by atoms with E-state index in [1.165, 1.54) is 5.56 Å². The Labute approximate surface area is 121 Å². The van der Waals surface area contributed by atoms with Crippen molar-refractivity contribution in [3.05, 3.63) is 29.3 Å². The number of methoxy groups -OCH3 is 1. The van der Waals surface area contributed by atoms with E-state index < -0.39 is 0 Å². The van der Waals surface area contributed by atoms with Crippen molar-refractivity contribution >= 4 is 5.91 Å². The van der Waals surface area contributed by atoms with E-state index in [1.807, 2.05) is 23.1 Å². The molecule has 0 unspecified atom stereocenters. The molecule has 3 nitrogen and oxygen atoms in total. The fraction of sp³-hybridized carbons (Fsp3) is 0.588. The third kappa shape index (κ3) is 3.14. The minimum absolute atomic E-state index is 0.101. The number of hydrogen-bond donors (Lipinski definition) is 0. The molecule has 0 saturated carbocycles. The largest absolute Gasteiger partial charge is 0.496 e. The first kappa shape index (κ1) is 14.9. The molecule has 110 valence electrons. The molecule has 1 aromatic rings. The summed E-state index contributed by atoms with van der Waals surface area (Å²) >= 11 is 0. The van der Waals surface area contributed by atoms with Gasteiger partial charge in [-0.1, -0.05) is 26.8 Å². The van der Waals surface area contributed by atoms with Gasteiger partial charge in [0.2, 0.25) is 0 Å². The van der Waals surface area contributed by atoms with Crippen LogP contribution in [0.5, 0.6) is 5.75 Å². The van der Waals surface area contributed by atoms with Gasteiger partial charge >= 0.3 is 0 Å². The van der Waals surface area contributed by atoms with Gasteiger partial charge in [0.1, 0.15) is 5.75 Å². The van der Waals surface area contributed by atoms with Gasteiger partial charge in [-0.15, -0.1) is 0 Å². The molecule has 0 bridgehead atoms. The van der Waals surface area contributed by atoms with Crippen LogP contribution in [0.15, 0.2) is 18.2 Å². The zero-order valence-electron chi connectivity index (χ0n) is 13.0. The molecule has 1 fully saturated rings. The van der Waals surface area contributed by atoms with Gasteiger partial charge in [0.05, 0.1) is 12.7 Å². The van der Waals surface area contributed by atoms with Gasteiger partial charge in [-0.05, 0) is 42.4 Å². The first-order valence-corrected chi connectivity index (χ1v) is 7.50. The van der Waals surface area contributed by atoms with Crippen LogP contribution in [0.1, 0.15) is 55.5 Å². The van der Waals surface area contributed by atoms with Gasteiger partial charge in [0.25, 0.3) is 5.91 Å². The fourth-order valence-corrected chi connectivity index (χ4v) is 2.63. The molecule has 1 aromatic carbocycles. The van der Waals surface area contributed by atoms with Gasteiger partial charge in [-0.2, -0.15) is 0 Å². The predicted molar refractivity (Wildman–Crippen MR) is 81.4 cm³/mol.